The van der Waals surface area contributed by atoms with Gasteiger partial charge in [-0.1, -0.05) is 71.2 Å². The summed E-state index contributed by atoms with van der Waals surface area (Å²) in [6.07, 6.45) is 0.608. The van der Waals surface area contributed by atoms with Gasteiger partial charge in [-0.25, -0.2) is 4.98 Å². The number of hydrogen-bond donors (Lipinski definition) is 0. The monoisotopic (exact) mass is 517 g/mol. The molecule has 1 aliphatic heterocycles. The van der Waals surface area contributed by atoms with E-state index < -0.39 is 18.3 Å². The molecular weight excluding hydrogens is 495 g/mol. The lowest BCUT2D eigenvalue weighted by molar-refractivity contribution is 0.00578. The maximum Gasteiger partial charge on any atom is 0.496 e. The van der Waals surface area contributed by atoms with Crippen LogP contribution in [0, 0.1) is 0 Å². The zero-order chi connectivity index (χ0) is 24.8. The second-order valence-electron chi connectivity index (χ2n) is 9.00. The van der Waals surface area contributed by atoms with Crippen molar-refractivity contribution >= 4 is 53.7 Å². The van der Waals surface area contributed by atoms with Gasteiger partial charge < -0.3 is 14.0 Å². The molecule has 1 fully saturated rings. The Balaban J connectivity index is 1.80. The van der Waals surface area contributed by atoms with Crippen molar-refractivity contribution in [2.45, 2.75) is 38.9 Å². The van der Waals surface area contributed by atoms with Gasteiger partial charge in [-0.3, -0.25) is 4.79 Å². The number of carbonyl (C=O) groups excluding carboxylic acids is 1. The lowest BCUT2D eigenvalue weighted by Gasteiger charge is -2.32. The SMILES string of the molecule is COc1cc(-c2cccc(-c3cccc(B4OC(C)(C)C(C)(C)O4)c3Cl)c2Cl)nc(Cl)c1C=O. The molecule has 5 nitrogen and oxygen atoms in total. The Bertz CT molecular complexity index is 1260. The molecule has 9 heteroatoms. The van der Waals surface area contributed by atoms with E-state index in [1.54, 1.807) is 6.07 Å². The van der Waals surface area contributed by atoms with Crippen molar-refractivity contribution in [1.29, 1.82) is 0 Å². The topological polar surface area (TPSA) is 57.6 Å². The van der Waals surface area contributed by atoms with Crippen molar-refractivity contribution in [3.63, 3.8) is 0 Å². The van der Waals surface area contributed by atoms with E-state index in [0.717, 1.165) is 11.0 Å². The molecule has 0 radical (unpaired) electrons. The van der Waals surface area contributed by atoms with Crippen molar-refractivity contribution in [2.75, 3.05) is 7.11 Å². The van der Waals surface area contributed by atoms with E-state index in [4.69, 9.17) is 48.8 Å². The molecule has 0 N–H and O–H groups in total. The molecule has 34 heavy (non-hydrogen) atoms. The number of hydrogen-bond acceptors (Lipinski definition) is 5. The standard InChI is InChI=1S/C25H23BCl3NO4/c1-24(2)25(3,4)34-26(33-24)18-11-7-9-15(22(18)28)14-8-6-10-16(21(14)27)19-12-20(32-5)17(13-31)23(29)30-19/h6-13H,1-5H3. The van der Waals surface area contributed by atoms with Gasteiger partial charge in [-0.05, 0) is 27.7 Å². The summed E-state index contributed by atoms with van der Waals surface area (Å²) in [4.78, 5) is 15.7. The van der Waals surface area contributed by atoms with Crippen LogP contribution in [-0.4, -0.2) is 36.7 Å². The Hall–Kier alpha value is -2.09. The van der Waals surface area contributed by atoms with Gasteiger partial charge in [0.05, 0.1) is 34.6 Å². The lowest BCUT2D eigenvalue weighted by atomic mass is 9.77. The van der Waals surface area contributed by atoms with E-state index >= 15 is 0 Å². The Morgan fingerprint density at radius 3 is 2.06 bits per heavy atom. The first-order valence-corrected chi connectivity index (χ1v) is 11.8. The predicted octanol–water partition coefficient (Wildman–Crippen LogP) is 6.50. The maximum absolute atomic E-state index is 11.4. The Morgan fingerprint density at radius 2 is 1.47 bits per heavy atom. The van der Waals surface area contributed by atoms with Crippen LogP contribution in [0.25, 0.3) is 22.4 Å². The minimum atomic E-state index is -0.611. The number of ether oxygens (including phenoxy) is 1. The number of nitrogens with zero attached hydrogens (tertiary/aromatic N) is 1. The average Bonchev–Trinajstić information content (AvgIpc) is 3.00. The van der Waals surface area contributed by atoms with Gasteiger partial charge in [0.1, 0.15) is 10.9 Å². The summed E-state index contributed by atoms with van der Waals surface area (Å²) < 4.78 is 17.7. The molecule has 176 valence electrons. The van der Waals surface area contributed by atoms with Gasteiger partial charge in [-0.2, -0.15) is 0 Å². The van der Waals surface area contributed by atoms with Crippen LogP contribution < -0.4 is 10.2 Å². The van der Waals surface area contributed by atoms with Crippen molar-refractivity contribution in [3.05, 3.63) is 63.2 Å². The van der Waals surface area contributed by atoms with Gasteiger partial charge in [-0.15, -0.1) is 0 Å². The minimum absolute atomic E-state index is 0.0339. The maximum atomic E-state index is 11.4. The lowest BCUT2D eigenvalue weighted by Crippen LogP contribution is -2.41. The molecule has 0 bridgehead atoms. The summed E-state index contributed by atoms with van der Waals surface area (Å²) in [5.74, 6) is 0.312. The third-order valence-electron chi connectivity index (χ3n) is 6.41. The quantitative estimate of drug-likeness (QED) is 0.219. The number of methoxy groups -OCH3 is 1. The molecule has 0 amide bonds. The van der Waals surface area contributed by atoms with E-state index in [1.165, 1.54) is 7.11 Å². The van der Waals surface area contributed by atoms with Crippen molar-refractivity contribution in [2.24, 2.45) is 0 Å². The summed E-state index contributed by atoms with van der Waals surface area (Å²) in [6, 6.07) is 12.8. The Morgan fingerprint density at radius 1 is 0.912 bits per heavy atom. The molecule has 0 aliphatic carbocycles. The molecule has 1 aliphatic rings. The van der Waals surface area contributed by atoms with Crippen LogP contribution in [0.4, 0.5) is 0 Å². The van der Waals surface area contributed by atoms with Gasteiger partial charge in [0.25, 0.3) is 0 Å². The normalized spacial score (nSPS) is 16.5. The van der Waals surface area contributed by atoms with Crippen LogP contribution >= 0.6 is 34.8 Å². The van der Waals surface area contributed by atoms with Crippen LogP contribution in [-0.2, 0) is 9.31 Å². The molecule has 0 atom stereocenters. The van der Waals surface area contributed by atoms with Gasteiger partial charge >= 0.3 is 7.12 Å². The average molecular weight is 519 g/mol. The Kier molecular flexibility index (Phi) is 6.75. The van der Waals surface area contributed by atoms with Crippen molar-refractivity contribution < 1.29 is 18.8 Å². The summed E-state index contributed by atoms with van der Waals surface area (Å²) in [5, 5.41) is 0.950. The number of carbonyl (C=O) groups is 1. The van der Waals surface area contributed by atoms with E-state index in [9.17, 15) is 4.79 Å². The van der Waals surface area contributed by atoms with Gasteiger partial charge in [0, 0.05) is 33.2 Å². The summed E-state index contributed by atoms with van der Waals surface area (Å²) in [7, 11) is 0.849. The summed E-state index contributed by atoms with van der Waals surface area (Å²) in [6.45, 7) is 7.97. The number of aldehydes is 1. The Labute approximate surface area is 214 Å². The summed E-state index contributed by atoms with van der Waals surface area (Å²) >= 11 is 20.0. The molecule has 1 aromatic heterocycles. The number of rotatable bonds is 5. The number of halogens is 3. The highest BCUT2D eigenvalue weighted by molar-refractivity contribution is 6.66. The van der Waals surface area contributed by atoms with Crippen LogP contribution in [0.1, 0.15) is 38.1 Å². The third-order valence-corrected chi connectivity index (χ3v) is 7.53. The van der Waals surface area contributed by atoms with Crippen molar-refractivity contribution in [1.82, 2.24) is 4.98 Å². The van der Waals surface area contributed by atoms with Gasteiger partial charge in [0.15, 0.2) is 6.29 Å². The van der Waals surface area contributed by atoms with Crippen LogP contribution in [0.3, 0.4) is 0 Å². The fourth-order valence-electron chi connectivity index (χ4n) is 3.76. The molecule has 2 aromatic carbocycles. The largest absolute Gasteiger partial charge is 0.496 e. The number of benzene rings is 2. The molecule has 3 aromatic rings. The molecular formula is C25H23BCl3NO4. The first-order chi connectivity index (χ1) is 16.0. The van der Waals surface area contributed by atoms with E-state index in [0.29, 0.717) is 38.9 Å². The van der Waals surface area contributed by atoms with Crippen LogP contribution in [0.15, 0.2) is 42.5 Å². The first kappa shape index (κ1) is 25.0. The molecule has 1 saturated heterocycles. The molecule has 2 heterocycles. The van der Waals surface area contributed by atoms with Crippen LogP contribution in [0.2, 0.25) is 15.2 Å². The molecule has 0 spiro atoms. The second-order valence-corrected chi connectivity index (χ2v) is 10.1. The highest BCUT2D eigenvalue weighted by Crippen LogP contribution is 2.41. The first-order valence-electron chi connectivity index (χ1n) is 10.6. The highest BCUT2D eigenvalue weighted by atomic mass is 35.5. The molecule has 0 unspecified atom stereocenters. The minimum Gasteiger partial charge on any atom is -0.496 e. The smallest absolute Gasteiger partial charge is 0.496 e. The second kappa shape index (κ2) is 9.17. The molecule has 4 rings (SSSR count). The zero-order valence-electron chi connectivity index (χ0n) is 19.4. The van der Waals surface area contributed by atoms with Crippen molar-refractivity contribution in [3.8, 4) is 28.1 Å². The van der Waals surface area contributed by atoms with E-state index in [-0.39, 0.29) is 10.7 Å². The third kappa shape index (κ3) is 4.23. The van der Waals surface area contributed by atoms with E-state index in [2.05, 4.69) is 4.98 Å². The van der Waals surface area contributed by atoms with Crippen LogP contribution in [0.5, 0.6) is 5.75 Å². The predicted molar refractivity (Wildman–Crippen MR) is 138 cm³/mol. The number of pyridine rings is 1. The van der Waals surface area contributed by atoms with Gasteiger partial charge in [0.2, 0.25) is 0 Å². The highest BCUT2D eigenvalue weighted by Gasteiger charge is 2.52. The number of aromatic nitrogens is 1. The zero-order valence-corrected chi connectivity index (χ0v) is 21.7. The molecule has 0 saturated carbocycles. The summed E-state index contributed by atoms with van der Waals surface area (Å²) in [5.41, 5.74) is 2.43. The van der Waals surface area contributed by atoms with E-state index in [1.807, 2.05) is 64.1 Å². The fraction of sp³-hybridized carbons (Fsp3) is 0.280. The fourth-order valence-corrected chi connectivity index (χ4v) is 4.63.